The maximum absolute atomic E-state index is 3.68. The third-order valence-electron chi connectivity index (χ3n) is 2.90. The molecule has 0 amide bonds. The molecule has 0 saturated heterocycles. The van der Waals surface area contributed by atoms with Crippen LogP contribution in [0.15, 0.2) is 30.3 Å². The zero-order chi connectivity index (χ0) is 11.3. The standard InChI is InChI=1S/C14H23N/c1-5-12(4)15-14(11(2)3)13-9-7-6-8-10-13/h6-12,14-15H,5H2,1-4H3. The first-order chi connectivity index (χ1) is 7.15. The van der Waals surface area contributed by atoms with Gasteiger partial charge in [-0.2, -0.15) is 0 Å². The lowest BCUT2D eigenvalue weighted by Crippen LogP contribution is -2.32. The van der Waals surface area contributed by atoms with Crippen molar-refractivity contribution in [2.24, 2.45) is 5.92 Å². The molecule has 1 aromatic rings. The van der Waals surface area contributed by atoms with Crippen molar-refractivity contribution < 1.29 is 0 Å². The summed E-state index contributed by atoms with van der Waals surface area (Å²) in [6, 6.07) is 11.8. The molecule has 0 aliphatic carbocycles. The molecule has 0 aliphatic heterocycles. The molecule has 15 heavy (non-hydrogen) atoms. The van der Waals surface area contributed by atoms with E-state index in [1.54, 1.807) is 0 Å². The van der Waals surface area contributed by atoms with Crippen LogP contribution in [0.4, 0.5) is 0 Å². The summed E-state index contributed by atoms with van der Waals surface area (Å²) in [5, 5.41) is 3.68. The zero-order valence-electron chi connectivity index (χ0n) is 10.3. The minimum Gasteiger partial charge on any atom is -0.307 e. The topological polar surface area (TPSA) is 12.0 Å². The Kier molecular flexibility index (Phi) is 4.83. The van der Waals surface area contributed by atoms with E-state index in [-0.39, 0.29) is 0 Å². The molecule has 1 rings (SSSR count). The molecule has 84 valence electrons. The van der Waals surface area contributed by atoms with Gasteiger partial charge in [0.1, 0.15) is 0 Å². The predicted octanol–water partition coefficient (Wildman–Crippen LogP) is 3.77. The fourth-order valence-electron chi connectivity index (χ4n) is 1.76. The second kappa shape index (κ2) is 5.92. The molecule has 2 unspecified atom stereocenters. The first-order valence-corrected chi connectivity index (χ1v) is 5.96. The van der Waals surface area contributed by atoms with Gasteiger partial charge in [-0.05, 0) is 24.8 Å². The molecule has 0 heterocycles. The molecule has 1 N–H and O–H groups in total. The van der Waals surface area contributed by atoms with Crippen LogP contribution in [0.25, 0.3) is 0 Å². The lowest BCUT2D eigenvalue weighted by molar-refractivity contribution is 0.365. The summed E-state index contributed by atoms with van der Waals surface area (Å²) in [4.78, 5) is 0. The van der Waals surface area contributed by atoms with Gasteiger partial charge in [-0.3, -0.25) is 0 Å². The SMILES string of the molecule is CCC(C)NC(c1ccccc1)C(C)C. The molecular formula is C14H23N. The van der Waals surface area contributed by atoms with Crippen LogP contribution in [0.2, 0.25) is 0 Å². The number of benzene rings is 1. The monoisotopic (exact) mass is 205 g/mol. The zero-order valence-corrected chi connectivity index (χ0v) is 10.3. The molecule has 0 radical (unpaired) electrons. The summed E-state index contributed by atoms with van der Waals surface area (Å²) in [5.74, 6) is 0.626. The number of rotatable bonds is 5. The Morgan fingerprint density at radius 3 is 2.13 bits per heavy atom. The van der Waals surface area contributed by atoms with Crippen LogP contribution in [0.1, 0.15) is 45.7 Å². The Morgan fingerprint density at radius 1 is 1.07 bits per heavy atom. The van der Waals surface area contributed by atoms with E-state index in [9.17, 15) is 0 Å². The van der Waals surface area contributed by atoms with E-state index in [4.69, 9.17) is 0 Å². The number of nitrogens with one attached hydrogen (secondary N) is 1. The van der Waals surface area contributed by atoms with E-state index in [1.165, 1.54) is 12.0 Å². The molecule has 0 aromatic heterocycles. The van der Waals surface area contributed by atoms with Gasteiger partial charge in [-0.15, -0.1) is 0 Å². The summed E-state index contributed by atoms with van der Waals surface area (Å²) in [7, 11) is 0. The molecule has 1 nitrogen and oxygen atoms in total. The van der Waals surface area contributed by atoms with Crippen LogP contribution in [0, 0.1) is 5.92 Å². The Morgan fingerprint density at radius 2 is 1.67 bits per heavy atom. The molecule has 1 aromatic carbocycles. The van der Waals surface area contributed by atoms with E-state index >= 15 is 0 Å². The van der Waals surface area contributed by atoms with Crippen molar-refractivity contribution in [3.8, 4) is 0 Å². The molecule has 0 fully saturated rings. The van der Waals surface area contributed by atoms with E-state index in [0.717, 1.165) is 0 Å². The highest BCUT2D eigenvalue weighted by Gasteiger charge is 2.16. The number of hydrogen-bond acceptors (Lipinski definition) is 1. The maximum Gasteiger partial charge on any atom is 0.0345 e. The molecule has 0 spiro atoms. The van der Waals surface area contributed by atoms with E-state index in [2.05, 4.69) is 63.3 Å². The van der Waals surface area contributed by atoms with Crippen molar-refractivity contribution in [1.82, 2.24) is 5.32 Å². The fraction of sp³-hybridized carbons (Fsp3) is 0.571. The molecule has 0 saturated carbocycles. The van der Waals surface area contributed by atoms with Crippen LogP contribution < -0.4 is 5.32 Å². The van der Waals surface area contributed by atoms with Crippen molar-refractivity contribution in [2.75, 3.05) is 0 Å². The quantitative estimate of drug-likeness (QED) is 0.771. The summed E-state index contributed by atoms with van der Waals surface area (Å²) in [6.45, 7) is 9.01. The van der Waals surface area contributed by atoms with Crippen LogP contribution in [-0.2, 0) is 0 Å². The summed E-state index contributed by atoms with van der Waals surface area (Å²) in [6.07, 6.45) is 1.18. The van der Waals surface area contributed by atoms with Crippen molar-refractivity contribution in [3.63, 3.8) is 0 Å². The first-order valence-electron chi connectivity index (χ1n) is 5.96. The minimum absolute atomic E-state index is 0.473. The Balaban J connectivity index is 2.75. The summed E-state index contributed by atoms with van der Waals surface area (Å²) in [5.41, 5.74) is 1.40. The highest BCUT2D eigenvalue weighted by atomic mass is 14.9. The van der Waals surface area contributed by atoms with Gasteiger partial charge in [-0.1, -0.05) is 51.1 Å². The smallest absolute Gasteiger partial charge is 0.0345 e. The molecule has 2 atom stereocenters. The van der Waals surface area contributed by atoms with Gasteiger partial charge in [0.2, 0.25) is 0 Å². The first kappa shape index (κ1) is 12.3. The second-order valence-electron chi connectivity index (χ2n) is 4.61. The van der Waals surface area contributed by atoms with Gasteiger partial charge in [0.15, 0.2) is 0 Å². The molecule has 0 aliphatic rings. The normalized spacial score (nSPS) is 15.3. The molecule has 1 heteroatoms. The summed E-state index contributed by atoms with van der Waals surface area (Å²) >= 11 is 0. The highest BCUT2D eigenvalue weighted by Crippen LogP contribution is 2.22. The van der Waals surface area contributed by atoms with E-state index in [0.29, 0.717) is 18.0 Å². The van der Waals surface area contributed by atoms with Gasteiger partial charge in [0, 0.05) is 12.1 Å². The van der Waals surface area contributed by atoms with E-state index in [1.807, 2.05) is 0 Å². The van der Waals surface area contributed by atoms with Crippen molar-refractivity contribution in [2.45, 2.75) is 46.2 Å². The summed E-state index contributed by atoms with van der Waals surface area (Å²) < 4.78 is 0. The lowest BCUT2D eigenvalue weighted by Gasteiger charge is -2.26. The fourth-order valence-corrected chi connectivity index (χ4v) is 1.76. The molecular weight excluding hydrogens is 182 g/mol. The van der Waals surface area contributed by atoms with Crippen molar-refractivity contribution >= 4 is 0 Å². The van der Waals surface area contributed by atoms with Gasteiger partial charge in [0.05, 0.1) is 0 Å². The van der Waals surface area contributed by atoms with Gasteiger partial charge < -0.3 is 5.32 Å². The van der Waals surface area contributed by atoms with Gasteiger partial charge in [-0.25, -0.2) is 0 Å². The highest BCUT2D eigenvalue weighted by molar-refractivity contribution is 5.19. The van der Waals surface area contributed by atoms with Gasteiger partial charge in [0.25, 0.3) is 0 Å². The average Bonchev–Trinajstić information content (AvgIpc) is 2.26. The lowest BCUT2D eigenvalue weighted by atomic mass is 9.95. The minimum atomic E-state index is 0.473. The molecule has 0 bridgehead atoms. The Bertz CT molecular complexity index is 266. The van der Waals surface area contributed by atoms with Crippen molar-refractivity contribution in [3.05, 3.63) is 35.9 Å². The maximum atomic E-state index is 3.68. The second-order valence-corrected chi connectivity index (χ2v) is 4.61. The average molecular weight is 205 g/mol. The van der Waals surface area contributed by atoms with Gasteiger partial charge >= 0.3 is 0 Å². The van der Waals surface area contributed by atoms with Crippen LogP contribution >= 0.6 is 0 Å². The van der Waals surface area contributed by atoms with E-state index < -0.39 is 0 Å². The van der Waals surface area contributed by atoms with Crippen LogP contribution in [-0.4, -0.2) is 6.04 Å². The van der Waals surface area contributed by atoms with Crippen LogP contribution in [0.5, 0.6) is 0 Å². The predicted molar refractivity (Wildman–Crippen MR) is 66.9 cm³/mol. The number of hydrogen-bond donors (Lipinski definition) is 1. The third-order valence-corrected chi connectivity index (χ3v) is 2.90. The van der Waals surface area contributed by atoms with Crippen molar-refractivity contribution in [1.29, 1.82) is 0 Å². The Hall–Kier alpha value is -0.820. The largest absolute Gasteiger partial charge is 0.307 e. The Labute approximate surface area is 93.9 Å². The third kappa shape index (κ3) is 3.67. The van der Waals surface area contributed by atoms with Crippen LogP contribution in [0.3, 0.4) is 0 Å².